The van der Waals surface area contributed by atoms with Gasteiger partial charge in [-0.05, 0) is 31.2 Å². The zero-order chi connectivity index (χ0) is 13.9. The molecule has 1 aliphatic carbocycles. The summed E-state index contributed by atoms with van der Waals surface area (Å²) in [4.78, 5) is 4.35. The van der Waals surface area contributed by atoms with Crippen molar-refractivity contribution in [1.29, 1.82) is 0 Å². The van der Waals surface area contributed by atoms with Gasteiger partial charge in [0.2, 0.25) is 5.88 Å². The molecule has 1 heterocycles. The third kappa shape index (κ3) is 2.74. The van der Waals surface area contributed by atoms with Gasteiger partial charge in [0.1, 0.15) is 6.10 Å². The average Bonchev–Trinajstić information content (AvgIpc) is 2.91. The van der Waals surface area contributed by atoms with Crippen molar-refractivity contribution >= 4 is 0 Å². The summed E-state index contributed by atoms with van der Waals surface area (Å²) in [6.45, 7) is 2.71. The zero-order valence-electron chi connectivity index (χ0n) is 11.8. The Morgan fingerprint density at radius 1 is 1.58 bits per heavy atom. The Morgan fingerprint density at radius 3 is 2.95 bits per heavy atom. The second-order valence-corrected chi connectivity index (χ2v) is 5.59. The fourth-order valence-electron chi connectivity index (χ4n) is 3.17. The molecule has 1 aromatic rings. The second-order valence-electron chi connectivity index (χ2n) is 5.59. The number of pyridine rings is 1. The van der Waals surface area contributed by atoms with Gasteiger partial charge in [0.05, 0.1) is 12.8 Å². The van der Waals surface area contributed by atoms with E-state index in [-0.39, 0.29) is 5.41 Å². The van der Waals surface area contributed by atoms with Gasteiger partial charge < -0.3 is 15.6 Å². The van der Waals surface area contributed by atoms with Crippen LogP contribution < -0.4 is 10.5 Å². The topological polar surface area (TPSA) is 68.4 Å². The number of hydrogen-bond acceptors (Lipinski definition) is 4. The van der Waals surface area contributed by atoms with Gasteiger partial charge in [0.25, 0.3) is 0 Å². The van der Waals surface area contributed by atoms with E-state index in [1.165, 1.54) is 0 Å². The van der Waals surface area contributed by atoms with Crippen molar-refractivity contribution < 1.29 is 9.84 Å². The van der Waals surface area contributed by atoms with Crippen molar-refractivity contribution in [2.24, 2.45) is 17.1 Å². The number of ether oxygens (including phenoxy) is 1. The summed E-state index contributed by atoms with van der Waals surface area (Å²) in [6.07, 6.45) is 3.65. The van der Waals surface area contributed by atoms with Crippen molar-refractivity contribution in [3.05, 3.63) is 23.9 Å². The highest BCUT2D eigenvalue weighted by Crippen LogP contribution is 2.49. The van der Waals surface area contributed by atoms with Crippen LogP contribution in [0.1, 0.15) is 44.4 Å². The van der Waals surface area contributed by atoms with Gasteiger partial charge in [-0.25, -0.2) is 4.98 Å². The van der Waals surface area contributed by atoms with Crippen LogP contribution in [-0.4, -0.2) is 23.7 Å². The van der Waals surface area contributed by atoms with Crippen molar-refractivity contribution in [1.82, 2.24) is 4.98 Å². The monoisotopic (exact) mass is 264 g/mol. The molecule has 1 saturated carbocycles. The molecular weight excluding hydrogens is 240 g/mol. The molecule has 3 unspecified atom stereocenters. The molecule has 4 nitrogen and oxygen atoms in total. The van der Waals surface area contributed by atoms with E-state index in [2.05, 4.69) is 11.9 Å². The molecule has 1 aliphatic rings. The fourth-order valence-corrected chi connectivity index (χ4v) is 3.17. The molecule has 3 N–H and O–H groups in total. The molecule has 0 aromatic carbocycles. The molecule has 4 heteroatoms. The van der Waals surface area contributed by atoms with E-state index >= 15 is 0 Å². The largest absolute Gasteiger partial charge is 0.481 e. The molecular formula is C15H24N2O2. The van der Waals surface area contributed by atoms with Crippen LogP contribution in [0.4, 0.5) is 0 Å². The van der Waals surface area contributed by atoms with E-state index in [0.717, 1.165) is 25.7 Å². The normalized spacial score (nSPS) is 28.3. The van der Waals surface area contributed by atoms with Gasteiger partial charge in [-0.3, -0.25) is 0 Å². The van der Waals surface area contributed by atoms with E-state index in [1.54, 1.807) is 13.2 Å². The highest BCUT2D eigenvalue weighted by atomic mass is 16.5. The van der Waals surface area contributed by atoms with Crippen LogP contribution in [0.25, 0.3) is 0 Å². The highest BCUT2D eigenvalue weighted by Gasteiger charge is 2.44. The molecule has 0 saturated heterocycles. The minimum Gasteiger partial charge on any atom is -0.481 e. The summed E-state index contributed by atoms with van der Waals surface area (Å²) in [7, 11) is 1.58. The summed E-state index contributed by atoms with van der Waals surface area (Å²) in [5.41, 5.74) is 6.42. The van der Waals surface area contributed by atoms with E-state index in [1.807, 2.05) is 12.1 Å². The number of hydrogen-bond donors (Lipinski definition) is 2. The molecule has 1 fully saturated rings. The first-order valence-electron chi connectivity index (χ1n) is 7.04. The first kappa shape index (κ1) is 14.3. The lowest BCUT2D eigenvalue weighted by atomic mass is 9.78. The molecule has 0 bridgehead atoms. The third-order valence-corrected chi connectivity index (χ3v) is 4.54. The maximum atomic E-state index is 10.7. The Bertz CT molecular complexity index is 424. The third-order valence-electron chi connectivity index (χ3n) is 4.54. The number of nitrogens with two attached hydrogens (primary N) is 1. The Morgan fingerprint density at radius 2 is 2.37 bits per heavy atom. The van der Waals surface area contributed by atoms with Crippen LogP contribution >= 0.6 is 0 Å². The number of methoxy groups -OCH3 is 1. The molecule has 0 radical (unpaired) electrons. The standard InChI is InChI=1S/C15H24N2O2/c1-3-11-7-8-15(9-11,10-16)14(18)12-5-4-6-13(17-12)19-2/h4-6,11,14,18H,3,7-10,16H2,1-2H3. The van der Waals surface area contributed by atoms with Gasteiger partial charge in [0.15, 0.2) is 0 Å². The minimum atomic E-state index is -0.607. The van der Waals surface area contributed by atoms with Crippen molar-refractivity contribution in [2.45, 2.75) is 38.7 Å². The summed E-state index contributed by atoms with van der Waals surface area (Å²) in [5, 5.41) is 10.7. The lowest BCUT2D eigenvalue weighted by Crippen LogP contribution is -2.35. The lowest BCUT2D eigenvalue weighted by molar-refractivity contribution is 0.0265. The summed E-state index contributed by atoms with van der Waals surface area (Å²) in [6, 6.07) is 5.50. The zero-order valence-corrected chi connectivity index (χ0v) is 11.8. The molecule has 19 heavy (non-hydrogen) atoms. The Hall–Kier alpha value is -1.13. The molecule has 2 rings (SSSR count). The van der Waals surface area contributed by atoms with Crippen LogP contribution in [0.3, 0.4) is 0 Å². The summed E-state index contributed by atoms with van der Waals surface area (Å²) >= 11 is 0. The molecule has 106 valence electrons. The number of aliphatic hydroxyl groups is 1. The number of aromatic nitrogens is 1. The van der Waals surface area contributed by atoms with Gasteiger partial charge >= 0.3 is 0 Å². The Balaban J connectivity index is 2.23. The van der Waals surface area contributed by atoms with E-state index in [4.69, 9.17) is 10.5 Å². The molecule has 0 aliphatic heterocycles. The average molecular weight is 264 g/mol. The van der Waals surface area contributed by atoms with Gasteiger partial charge in [-0.2, -0.15) is 0 Å². The first-order chi connectivity index (χ1) is 9.15. The quantitative estimate of drug-likeness (QED) is 0.856. The van der Waals surface area contributed by atoms with Crippen LogP contribution in [-0.2, 0) is 0 Å². The van der Waals surface area contributed by atoms with Crippen molar-refractivity contribution in [3.63, 3.8) is 0 Å². The van der Waals surface area contributed by atoms with Gasteiger partial charge in [-0.15, -0.1) is 0 Å². The summed E-state index contributed by atoms with van der Waals surface area (Å²) in [5.74, 6) is 1.21. The Labute approximate surface area is 115 Å². The van der Waals surface area contributed by atoms with Crippen LogP contribution in [0, 0.1) is 11.3 Å². The van der Waals surface area contributed by atoms with E-state index < -0.39 is 6.10 Å². The molecule has 1 aromatic heterocycles. The van der Waals surface area contributed by atoms with Crippen molar-refractivity contribution in [2.75, 3.05) is 13.7 Å². The first-order valence-corrected chi connectivity index (χ1v) is 7.04. The van der Waals surface area contributed by atoms with E-state index in [9.17, 15) is 5.11 Å². The molecule has 3 atom stereocenters. The predicted molar refractivity (Wildman–Crippen MR) is 74.9 cm³/mol. The lowest BCUT2D eigenvalue weighted by Gasteiger charge is -2.33. The van der Waals surface area contributed by atoms with Crippen LogP contribution in [0.2, 0.25) is 0 Å². The SMILES string of the molecule is CCC1CCC(CN)(C(O)c2cccc(OC)n2)C1. The minimum absolute atomic E-state index is 0.222. The summed E-state index contributed by atoms with van der Waals surface area (Å²) < 4.78 is 5.12. The predicted octanol–water partition coefficient (Wildman–Crippen LogP) is 2.28. The highest BCUT2D eigenvalue weighted by molar-refractivity contribution is 5.19. The molecule has 0 spiro atoms. The number of rotatable bonds is 5. The van der Waals surface area contributed by atoms with Crippen molar-refractivity contribution in [3.8, 4) is 5.88 Å². The van der Waals surface area contributed by atoms with Gasteiger partial charge in [0, 0.05) is 18.0 Å². The van der Waals surface area contributed by atoms with Crippen LogP contribution in [0.15, 0.2) is 18.2 Å². The maximum absolute atomic E-state index is 10.7. The second kappa shape index (κ2) is 5.88. The molecule has 0 amide bonds. The van der Waals surface area contributed by atoms with Gasteiger partial charge in [-0.1, -0.05) is 19.4 Å². The Kier molecular flexibility index (Phi) is 4.42. The maximum Gasteiger partial charge on any atom is 0.213 e. The number of nitrogens with zero attached hydrogens (tertiary/aromatic N) is 1. The smallest absolute Gasteiger partial charge is 0.213 e. The fraction of sp³-hybridized carbons (Fsp3) is 0.667. The number of aliphatic hydroxyl groups excluding tert-OH is 1. The van der Waals surface area contributed by atoms with E-state index in [0.29, 0.717) is 24.0 Å². The van der Waals surface area contributed by atoms with Crippen LogP contribution in [0.5, 0.6) is 5.88 Å².